The monoisotopic (exact) mass is 318 g/mol. The Labute approximate surface area is 136 Å². The van der Waals surface area contributed by atoms with Crippen molar-refractivity contribution < 1.29 is 8.42 Å². The zero-order valence-corrected chi connectivity index (χ0v) is 13.1. The molecule has 0 radical (unpaired) electrons. The van der Waals surface area contributed by atoms with Crippen LogP contribution in [-0.2, 0) is 9.84 Å². The quantitative estimate of drug-likeness (QED) is 0.666. The fourth-order valence-corrected chi connectivity index (χ4v) is 3.05. The molecule has 0 saturated heterocycles. The second kappa shape index (κ2) is 6.51. The molecule has 0 fully saturated rings. The number of rotatable bonds is 2. The maximum Gasteiger partial charge on any atom is 0.245 e. The van der Waals surface area contributed by atoms with E-state index in [4.69, 9.17) is 0 Å². The Hall–Kier alpha value is -2.83. The van der Waals surface area contributed by atoms with Crippen LogP contribution >= 0.6 is 0 Å². The van der Waals surface area contributed by atoms with Crippen LogP contribution < -0.4 is 0 Å². The van der Waals surface area contributed by atoms with E-state index in [9.17, 15) is 8.42 Å². The van der Waals surface area contributed by atoms with E-state index in [1.54, 1.807) is 30.3 Å². The van der Waals surface area contributed by atoms with Gasteiger partial charge in [0.25, 0.3) is 0 Å². The fourth-order valence-electron chi connectivity index (χ4n) is 2.16. The lowest BCUT2D eigenvalue weighted by molar-refractivity contribution is 0.606. The first kappa shape index (κ1) is 15.1. The van der Waals surface area contributed by atoms with Crippen LogP contribution in [0.15, 0.2) is 89.8 Å². The van der Waals surface area contributed by atoms with Crippen LogP contribution in [0.25, 0.3) is 11.1 Å². The maximum atomic E-state index is 12.1. The normalized spacial score (nSPS) is 10.6. The molecule has 23 heavy (non-hydrogen) atoms. The van der Waals surface area contributed by atoms with Crippen LogP contribution in [-0.4, -0.2) is 8.42 Å². The minimum atomic E-state index is -3.58. The van der Waals surface area contributed by atoms with Crippen LogP contribution in [0.3, 0.4) is 0 Å². The van der Waals surface area contributed by atoms with Crippen molar-refractivity contribution in [3.63, 3.8) is 0 Å². The molecule has 0 saturated carbocycles. The molecule has 0 aliphatic carbocycles. The van der Waals surface area contributed by atoms with Crippen molar-refractivity contribution in [3.05, 3.63) is 90.5 Å². The van der Waals surface area contributed by atoms with Crippen LogP contribution in [0.1, 0.15) is 5.56 Å². The van der Waals surface area contributed by atoms with E-state index in [-0.39, 0.29) is 4.90 Å². The third-order valence-electron chi connectivity index (χ3n) is 3.38. The Morgan fingerprint density at radius 1 is 0.609 bits per heavy atom. The Morgan fingerprint density at radius 2 is 1.13 bits per heavy atom. The van der Waals surface area contributed by atoms with Gasteiger partial charge in [0, 0.05) is 10.8 Å². The lowest BCUT2D eigenvalue weighted by atomic mass is 10.0. The van der Waals surface area contributed by atoms with Gasteiger partial charge in [0.1, 0.15) is 0 Å². The molecule has 112 valence electrons. The van der Waals surface area contributed by atoms with E-state index in [1.165, 1.54) is 0 Å². The highest BCUT2D eigenvalue weighted by atomic mass is 32.2. The van der Waals surface area contributed by atoms with Crippen molar-refractivity contribution in [1.29, 1.82) is 0 Å². The third-order valence-corrected chi connectivity index (χ3v) is 4.64. The molecule has 0 aliphatic heterocycles. The lowest BCUT2D eigenvalue weighted by Gasteiger charge is -2.00. The Kier molecular flexibility index (Phi) is 4.27. The molecule has 0 aromatic heterocycles. The molecule has 0 unspecified atom stereocenters. The number of hydrogen-bond acceptors (Lipinski definition) is 2. The smallest absolute Gasteiger partial charge is 0.210 e. The van der Waals surface area contributed by atoms with Gasteiger partial charge < -0.3 is 0 Å². The summed E-state index contributed by atoms with van der Waals surface area (Å²) in [5, 5.41) is 2.37. The zero-order chi connectivity index (χ0) is 16.1. The van der Waals surface area contributed by atoms with Gasteiger partial charge in [-0.2, -0.15) is 0 Å². The minimum Gasteiger partial charge on any atom is -0.210 e. The van der Waals surface area contributed by atoms with Crippen molar-refractivity contribution in [2.24, 2.45) is 0 Å². The summed E-state index contributed by atoms with van der Waals surface area (Å²) >= 11 is 0. The fraction of sp³-hybridized carbons (Fsp3) is 0. The molecule has 0 amide bonds. The maximum absolute atomic E-state index is 12.1. The summed E-state index contributed by atoms with van der Waals surface area (Å²) in [4.78, 5) is 0.216. The second-order valence-electron chi connectivity index (χ2n) is 4.99. The van der Waals surface area contributed by atoms with Crippen molar-refractivity contribution in [2.45, 2.75) is 4.90 Å². The van der Waals surface area contributed by atoms with E-state index < -0.39 is 9.84 Å². The molecule has 3 heteroatoms. The van der Waals surface area contributed by atoms with Crippen molar-refractivity contribution in [2.75, 3.05) is 0 Å². The number of sulfone groups is 1. The lowest BCUT2D eigenvalue weighted by Crippen LogP contribution is -1.96. The van der Waals surface area contributed by atoms with E-state index in [0.29, 0.717) is 5.56 Å². The first-order valence-corrected chi connectivity index (χ1v) is 8.62. The predicted molar refractivity (Wildman–Crippen MR) is 92.4 cm³/mol. The molecular formula is C20H14O2S. The van der Waals surface area contributed by atoms with Gasteiger partial charge in [0.05, 0.1) is 4.90 Å². The van der Waals surface area contributed by atoms with E-state index in [2.05, 4.69) is 11.2 Å². The first-order chi connectivity index (χ1) is 11.1. The Bertz CT molecular complexity index is 947. The van der Waals surface area contributed by atoms with Gasteiger partial charge in [-0.3, -0.25) is 0 Å². The van der Waals surface area contributed by atoms with Gasteiger partial charge in [-0.05, 0) is 41.3 Å². The standard InChI is InChI=1S/C20H14O2S/c21-23(22,20-9-5-2-6-10-20)16-15-17-11-13-19(14-12-17)18-7-3-1-4-8-18/h1-14H. The number of benzene rings is 3. The van der Waals surface area contributed by atoms with Crippen molar-refractivity contribution in [3.8, 4) is 22.3 Å². The molecule has 3 aromatic carbocycles. The summed E-state index contributed by atoms with van der Waals surface area (Å²) < 4.78 is 24.2. The molecule has 0 aliphatic rings. The molecule has 3 aromatic rings. The SMILES string of the molecule is O=S(=O)(C#Cc1ccc(-c2ccccc2)cc1)c1ccccc1. The second-order valence-corrected chi connectivity index (χ2v) is 6.67. The largest absolute Gasteiger partial charge is 0.245 e. The predicted octanol–water partition coefficient (Wildman–Crippen LogP) is 4.14. The summed E-state index contributed by atoms with van der Waals surface area (Å²) in [7, 11) is -3.58. The van der Waals surface area contributed by atoms with Gasteiger partial charge in [0.2, 0.25) is 9.84 Å². The minimum absolute atomic E-state index is 0.216. The van der Waals surface area contributed by atoms with Gasteiger partial charge in [-0.15, -0.1) is 0 Å². The van der Waals surface area contributed by atoms with E-state index in [0.717, 1.165) is 11.1 Å². The molecule has 0 heterocycles. The van der Waals surface area contributed by atoms with E-state index >= 15 is 0 Å². The van der Waals surface area contributed by atoms with Crippen molar-refractivity contribution in [1.82, 2.24) is 0 Å². The van der Waals surface area contributed by atoms with Gasteiger partial charge in [-0.25, -0.2) is 8.42 Å². The van der Waals surface area contributed by atoms with Crippen molar-refractivity contribution >= 4 is 9.84 Å². The van der Waals surface area contributed by atoms with Gasteiger partial charge in [0.15, 0.2) is 0 Å². The summed E-state index contributed by atoms with van der Waals surface area (Å²) in [6.45, 7) is 0. The highest BCUT2D eigenvalue weighted by molar-refractivity contribution is 7.96. The average molecular weight is 318 g/mol. The third kappa shape index (κ3) is 3.68. The summed E-state index contributed by atoms with van der Waals surface area (Å²) in [5.41, 5.74) is 2.86. The summed E-state index contributed by atoms with van der Waals surface area (Å²) in [6, 6.07) is 25.8. The molecule has 0 atom stereocenters. The average Bonchev–Trinajstić information content (AvgIpc) is 2.62. The summed E-state index contributed by atoms with van der Waals surface area (Å²) in [6.07, 6.45) is 0. The Balaban J connectivity index is 1.85. The van der Waals surface area contributed by atoms with Crippen LogP contribution in [0.2, 0.25) is 0 Å². The molecular weight excluding hydrogens is 304 g/mol. The zero-order valence-electron chi connectivity index (χ0n) is 12.3. The molecule has 2 nitrogen and oxygen atoms in total. The topological polar surface area (TPSA) is 34.1 Å². The highest BCUT2D eigenvalue weighted by Crippen LogP contribution is 2.19. The van der Waals surface area contributed by atoms with Crippen LogP contribution in [0.4, 0.5) is 0 Å². The first-order valence-electron chi connectivity index (χ1n) is 7.13. The molecule has 0 spiro atoms. The molecule has 0 bridgehead atoms. The Morgan fingerprint density at radius 3 is 1.74 bits per heavy atom. The van der Waals surface area contributed by atoms with E-state index in [1.807, 2.05) is 54.6 Å². The molecule has 3 rings (SSSR count). The molecule has 0 N–H and O–H groups in total. The van der Waals surface area contributed by atoms with Gasteiger partial charge in [-0.1, -0.05) is 60.7 Å². The van der Waals surface area contributed by atoms with Crippen LogP contribution in [0, 0.1) is 11.2 Å². The van der Waals surface area contributed by atoms with Crippen LogP contribution in [0.5, 0.6) is 0 Å². The van der Waals surface area contributed by atoms with Gasteiger partial charge >= 0.3 is 0 Å². The number of hydrogen-bond donors (Lipinski definition) is 0. The highest BCUT2D eigenvalue weighted by Gasteiger charge is 2.08. The summed E-state index contributed by atoms with van der Waals surface area (Å²) in [5.74, 6) is 2.72.